The van der Waals surface area contributed by atoms with E-state index in [9.17, 15) is 9.90 Å². The summed E-state index contributed by atoms with van der Waals surface area (Å²) in [7, 11) is 1.33. The molecule has 138 valence electrons. The summed E-state index contributed by atoms with van der Waals surface area (Å²) < 4.78 is 4.53. The van der Waals surface area contributed by atoms with E-state index in [1.165, 1.54) is 71.3 Å². The van der Waals surface area contributed by atoms with E-state index in [0.29, 0.717) is 0 Å². The smallest absolute Gasteiger partial charge is 0.308 e. The van der Waals surface area contributed by atoms with E-state index in [0.717, 1.165) is 19.3 Å². The molecule has 0 aliphatic carbocycles. The topological polar surface area (TPSA) is 72.5 Å². The van der Waals surface area contributed by atoms with Gasteiger partial charge in [-0.3, -0.25) is 4.79 Å². The Morgan fingerprint density at radius 3 is 1.78 bits per heavy atom. The normalized spacial score (nSPS) is 13.7. The number of ether oxygens (including phenoxy) is 1. The quantitative estimate of drug-likeness (QED) is 0.326. The lowest BCUT2D eigenvalue weighted by molar-refractivity contribution is -0.143. The monoisotopic (exact) mass is 329 g/mol. The van der Waals surface area contributed by atoms with Crippen molar-refractivity contribution in [2.45, 2.75) is 109 Å². The van der Waals surface area contributed by atoms with Crippen molar-refractivity contribution in [2.75, 3.05) is 7.11 Å². The first-order valence-electron chi connectivity index (χ1n) is 9.62. The van der Waals surface area contributed by atoms with Gasteiger partial charge in [-0.25, -0.2) is 0 Å². The Morgan fingerprint density at radius 2 is 1.35 bits per heavy atom. The van der Waals surface area contributed by atoms with Crippen LogP contribution in [0.5, 0.6) is 0 Å². The summed E-state index contributed by atoms with van der Waals surface area (Å²) in [5.41, 5.74) is 5.89. The Hall–Kier alpha value is -0.610. The zero-order chi connectivity index (χ0) is 17.3. The molecule has 0 saturated carbocycles. The average Bonchev–Trinajstić information content (AvgIpc) is 2.55. The Morgan fingerprint density at radius 1 is 0.913 bits per heavy atom. The number of nitrogens with two attached hydrogens (primary N) is 1. The van der Waals surface area contributed by atoms with E-state index in [4.69, 9.17) is 5.73 Å². The van der Waals surface area contributed by atoms with Crippen molar-refractivity contribution in [1.29, 1.82) is 0 Å². The van der Waals surface area contributed by atoms with Crippen molar-refractivity contribution in [3.05, 3.63) is 0 Å². The zero-order valence-electron chi connectivity index (χ0n) is 15.4. The Balaban J connectivity index is 3.30. The van der Waals surface area contributed by atoms with Gasteiger partial charge in [-0.1, -0.05) is 84.0 Å². The lowest BCUT2D eigenvalue weighted by Crippen LogP contribution is -2.36. The summed E-state index contributed by atoms with van der Waals surface area (Å²) in [6.07, 6.45) is 15.7. The van der Waals surface area contributed by atoms with Crippen LogP contribution in [0, 0.1) is 0 Å². The summed E-state index contributed by atoms with van der Waals surface area (Å²) >= 11 is 0. The summed E-state index contributed by atoms with van der Waals surface area (Å²) in [5, 5.41) is 9.77. The number of unbranched alkanes of at least 4 members (excludes halogenated alkanes) is 11. The predicted octanol–water partition coefficient (Wildman–Crippen LogP) is 4.33. The van der Waals surface area contributed by atoms with Gasteiger partial charge in [0.05, 0.1) is 19.6 Å². The van der Waals surface area contributed by atoms with Crippen LogP contribution in [0.25, 0.3) is 0 Å². The largest absolute Gasteiger partial charge is 0.469 e. The Kier molecular flexibility index (Phi) is 15.8. The van der Waals surface area contributed by atoms with Crippen LogP contribution in [0.2, 0.25) is 0 Å². The summed E-state index contributed by atoms with van der Waals surface area (Å²) in [6, 6.07) is -0.322. The van der Waals surface area contributed by atoms with Gasteiger partial charge in [0, 0.05) is 6.04 Å². The number of carbonyl (C=O) groups excluding carboxylic acids is 1. The maximum Gasteiger partial charge on any atom is 0.308 e. The highest BCUT2D eigenvalue weighted by Gasteiger charge is 2.18. The molecule has 0 heterocycles. The third-order valence-electron chi connectivity index (χ3n) is 4.49. The first-order valence-corrected chi connectivity index (χ1v) is 9.62. The number of rotatable bonds is 16. The van der Waals surface area contributed by atoms with E-state index in [1.54, 1.807) is 0 Å². The molecule has 4 nitrogen and oxygen atoms in total. The molecule has 23 heavy (non-hydrogen) atoms. The molecule has 0 spiro atoms. The van der Waals surface area contributed by atoms with Crippen LogP contribution in [0.4, 0.5) is 0 Å². The molecule has 3 N–H and O–H groups in total. The molecule has 0 aromatic heterocycles. The second-order valence-electron chi connectivity index (χ2n) is 6.69. The lowest BCUT2D eigenvalue weighted by atomic mass is 10.0. The standard InChI is InChI=1S/C19H39NO3/c1-3-4-5-6-7-8-9-10-11-12-13-14-15-17(20)18(21)16-19(22)23-2/h17-18,21H,3-16,20H2,1-2H3/t17?,18-/m0/s1. The second-order valence-corrected chi connectivity index (χ2v) is 6.69. The molecular formula is C19H39NO3. The number of carbonyl (C=O) groups is 1. The molecule has 0 saturated heterocycles. The zero-order valence-corrected chi connectivity index (χ0v) is 15.4. The number of hydrogen-bond acceptors (Lipinski definition) is 4. The van der Waals surface area contributed by atoms with Gasteiger partial charge in [-0.15, -0.1) is 0 Å². The molecular weight excluding hydrogens is 290 g/mol. The molecule has 0 radical (unpaired) electrons. The van der Waals surface area contributed by atoms with Crippen molar-refractivity contribution < 1.29 is 14.6 Å². The van der Waals surface area contributed by atoms with Crippen LogP contribution in [-0.2, 0) is 9.53 Å². The molecule has 0 amide bonds. The van der Waals surface area contributed by atoms with Crippen molar-refractivity contribution in [3.8, 4) is 0 Å². The van der Waals surface area contributed by atoms with E-state index >= 15 is 0 Å². The molecule has 0 bridgehead atoms. The van der Waals surface area contributed by atoms with Crippen LogP contribution in [0.15, 0.2) is 0 Å². The van der Waals surface area contributed by atoms with Crippen molar-refractivity contribution in [3.63, 3.8) is 0 Å². The molecule has 0 aliphatic rings. The highest BCUT2D eigenvalue weighted by Crippen LogP contribution is 2.13. The van der Waals surface area contributed by atoms with E-state index in [-0.39, 0.29) is 12.5 Å². The first-order chi connectivity index (χ1) is 11.1. The molecule has 0 aromatic rings. The predicted molar refractivity (Wildman–Crippen MR) is 96.3 cm³/mol. The van der Waals surface area contributed by atoms with E-state index in [1.807, 2.05) is 0 Å². The van der Waals surface area contributed by atoms with Crippen molar-refractivity contribution in [1.82, 2.24) is 0 Å². The molecule has 0 aliphatic heterocycles. The highest BCUT2D eigenvalue weighted by molar-refractivity contribution is 5.69. The van der Waals surface area contributed by atoms with E-state index < -0.39 is 12.1 Å². The summed E-state index contributed by atoms with van der Waals surface area (Å²) in [5.74, 6) is -0.400. The molecule has 1 unspecified atom stereocenters. The summed E-state index contributed by atoms with van der Waals surface area (Å²) in [6.45, 7) is 2.26. The first kappa shape index (κ1) is 22.4. The minimum atomic E-state index is -0.782. The fraction of sp³-hybridized carbons (Fsp3) is 0.947. The third kappa shape index (κ3) is 14.7. The SMILES string of the molecule is CCCCCCCCCCCCCCC(N)[C@@H](O)CC(=O)OC. The Labute approximate surface area is 143 Å². The number of hydrogen-bond donors (Lipinski definition) is 2. The van der Waals surface area contributed by atoms with Gasteiger partial charge >= 0.3 is 5.97 Å². The Bertz CT molecular complexity index is 271. The minimum Gasteiger partial charge on any atom is -0.469 e. The second kappa shape index (κ2) is 16.3. The number of aliphatic hydroxyl groups excluding tert-OH is 1. The average molecular weight is 330 g/mol. The molecule has 0 rings (SSSR count). The fourth-order valence-corrected chi connectivity index (χ4v) is 2.82. The van der Waals surface area contributed by atoms with Gasteiger partial charge in [0.1, 0.15) is 0 Å². The van der Waals surface area contributed by atoms with Crippen LogP contribution in [-0.4, -0.2) is 30.3 Å². The molecule has 2 atom stereocenters. The van der Waals surface area contributed by atoms with Crippen molar-refractivity contribution in [2.24, 2.45) is 5.73 Å². The number of esters is 1. The van der Waals surface area contributed by atoms with Gasteiger partial charge in [0.15, 0.2) is 0 Å². The van der Waals surface area contributed by atoms with Gasteiger partial charge in [0.2, 0.25) is 0 Å². The van der Waals surface area contributed by atoms with Crippen LogP contribution < -0.4 is 5.73 Å². The minimum absolute atomic E-state index is 0.00404. The lowest BCUT2D eigenvalue weighted by Gasteiger charge is -2.17. The van der Waals surface area contributed by atoms with Gasteiger partial charge in [-0.05, 0) is 6.42 Å². The van der Waals surface area contributed by atoms with E-state index in [2.05, 4.69) is 11.7 Å². The molecule has 0 fully saturated rings. The van der Waals surface area contributed by atoms with Crippen molar-refractivity contribution >= 4 is 5.97 Å². The number of aliphatic hydroxyl groups is 1. The molecule has 4 heteroatoms. The molecule has 0 aromatic carbocycles. The maximum absolute atomic E-state index is 11.1. The fourth-order valence-electron chi connectivity index (χ4n) is 2.82. The van der Waals surface area contributed by atoms with Crippen LogP contribution in [0.1, 0.15) is 96.8 Å². The van der Waals surface area contributed by atoms with Crippen LogP contribution >= 0.6 is 0 Å². The van der Waals surface area contributed by atoms with Gasteiger partial charge in [0.25, 0.3) is 0 Å². The highest BCUT2D eigenvalue weighted by atomic mass is 16.5. The third-order valence-corrected chi connectivity index (χ3v) is 4.49. The maximum atomic E-state index is 11.1. The number of methoxy groups -OCH3 is 1. The van der Waals surface area contributed by atoms with Gasteiger partial charge < -0.3 is 15.6 Å². The van der Waals surface area contributed by atoms with Crippen LogP contribution in [0.3, 0.4) is 0 Å². The summed E-state index contributed by atoms with van der Waals surface area (Å²) in [4.78, 5) is 11.1. The van der Waals surface area contributed by atoms with Gasteiger partial charge in [-0.2, -0.15) is 0 Å².